The van der Waals surface area contributed by atoms with Crippen molar-refractivity contribution in [3.63, 3.8) is 0 Å². The van der Waals surface area contributed by atoms with Gasteiger partial charge in [-0.2, -0.15) is 5.11 Å². The molecule has 2 heterocycles. The molecule has 8 heteroatoms. The number of carbonyl (C=O) groups excluding carboxylic acids is 1. The second-order valence-corrected chi connectivity index (χ2v) is 7.50. The van der Waals surface area contributed by atoms with E-state index in [1.807, 2.05) is 0 Å². The summed E-state index contributed by atoms with van der Waals surface area (Å²) in [6.07, 6.45) is 3.13. The third-order valence-electron chi connectivity index (χ3n) is 5.46. The lowest BCUT2D eigenvalue weighted by Gasteiger charge is -2.21. The van der Waals surface area contributed by atoms with Gasteiger partial charge < -0.3 is 15.6 Å². The van der Waals surface area contributed by atoms with Gasteiger partial charge in [-0.15, -0.1) is 0 Å². The van der Waals surface area contributed by atoms with Crippen LogP contribution in [0.2, 0.25) is 0 Å². The Labute approximate surface area is 177 Å². The maximum absolute atomic E-state index is 13.5. The van der Waals surface area contributed by atoms with E-state index in [4.69, 9.17) is 5.53 Å². The number of carbonyl (C=O) groups is 1. The van der Waals surface area contributed by atoms with E-state index in [9.17, 15) is 14.0 Å². The summed E-state index contributed by atoms with van der Waals surface area (Å²) in [4.78, 5) is 27.7. The fourth-order valence-electron chi connectivity index (χ4n) is 3.74. The summed E-state index contributed by atoms with van der Waals surface area (Å²) in [6, 6.07) is 12.6. The molecule has 1 aliphatic rings. The molecule has 4 N–H and O–H groups in total. The predicted octanol–water partition coefficient (Wildman–Crippen LogP) is 4.29. The number of Topliss-reactive ketones (excluding diaryl/α,β-unsaturated/α-hetero) is 1. The Morgan fingerprint density at radius 2 is 1.87 bits per heavy atom. The van der Waals surface area contributed by atoms with Crippen LogP contribution in [0.25, 0.3) is 16.6 Å². The van der Waals surface area contributed by atoms with Gasteiger partial charge in [-0.25, -0.2) is 9.92 Å². The summed E-state index contributed by atoms with van der Waals surface area (Å²) in [5, 5.41) is 10.2. The lowest BCUT2D eigenvalue weighted by Crippen LogP contribution is -2.31. The van der Waals surface area contributed by atoms with Crippen LogP contribution in [0.15, 0.2) is 64.6 Å². The molecule has 2 aromatic carbocycles. The lowest BCUT2D eigenvalue weighted by atomic mass is 9.89. The van der Waals surface area contributed by atoms with Crippen LogP contribution in [0.4, 0.5) is 10.1 Å². The number of rotatable bonds is 6. The van der Waals surface area contributed by atoms with Crippen LogP contribution in [0.3, 0.4) is 0 Å². The zero-order valence-electron chi connectivity index (χ0n) is 16.7. The summed E-state index contributed by atoms with van der Waals surface area (Å²) in [5.41, 5.74) is 9.13. The number of hydrogen-bond donors (Lipinski definition) is 4. The fourth-order valence-corrected chi connectivity index (χ4v) is 3.74. The number of ketones is 1. The Morgan fingerprint density at radius 3 is 2.58 bits per heavy atom. The summed E-state index contributed by atoms with van der Waals surface area (Å²) in [6.45, 7) is 1.72. The van der Waals surface area contributed by atoms with E-state index >= 15 is 0 Å². The average molecular weight is 419 g/mol. The molecule has 3 aromatic rings. The van der Waals surface area contributed by atoms with Crippen molar-refractivity contribution in [2.45, 2.75) is 12.8 Å². The number of pyridine rings is 1. The largest absolute Gasteiger partial charge is 0.360 e. The molecule has 0 aliphatic carbocycles. The van der Waals surface area contributed by atoms with Crippen LogP contribution < -0.4 is 16.2 Å². The van der Waals surface area contributed by atoms with Crippen molar-refractivity contribution < 1.29 is 9.18 Å². The number of aromatic nitrogens is 1. The van der Waals surface area contributed by atoms with Crippen LogP contribution in [-0.4, -0.2) is 23.9 Å². The zero-order chi connectivity index (χ0) is 21.8. The molecule has 0 saturated carbocycles. The third-order valence-corrected chi connectivity index (χ3v) is 5.46. The quantitative estimate of drug-likeness (QED) is 0.353. The van der Waals surface area contributed by atoms with Crippen molar-refractivity contribution in [1.29, 1.82) is 5.53 Å². The van der Waals surface area contributed by atoms with Gasteiger partial charge in [0.15, 0.2) is 5.78 Å². The Morgan fingerprint density at radius 1 is 1.13 bits per heavy atom. The fraction of sp³-hybridized carbons (Fsp3) is 0.217. The van der Waals surface area contributed by atoms with Crippen LogP contribution in [0, 0.1) is 17.3 Å². The first-order chi connectivity index (χ1) is 15.0. The minimum atomic E-state index is -0.425. The monoisotopic (exact) mass is 419 g/mol. The van der Waals surface area contributed by atoms with E-state index in [1.165, 1.54) is 30.5 Å². The van der Waals surface area contributed by atoms with Gasteiger partial charge in [0.25, 0.3) is 5.56 Å². The molecule has 1 saturated heterocycles. The van der Waals surface area contributed by atoms with Crippen LogP contribution >= 0.6 is 0 Å². The SMILES string of the molecule is N=N/C(=C\Nc1ccc(C(=O)C2CCNCC2)cc1)c1cc2cc(F)ccc2[nH]c1=O. The molecule has 0 amide bonds. The summed E-state index contributed by atoms with van der Waals surface area (Å²) in [7, 11) is 0. The van der Waals surface area contributed by atoms with E-state index in [0.29, 0.717) is 22.2 Å². The second kappa shape index (κ2) is 9.01. The summed E-state index contributed by atoms with van der Waals surface area (Å²) < 4.78 is 13.5. The predicted molar refractivity (Wildman–Crippen MR) is 118 cm³/mol. The molecule has 0 atom stereocenters. The van der Waals surface area contributed by atoms with Gasteiger partial charge >= 0.3 is 0 Å². The first-order valence-electron chi connectivity index (χ1n) is 10.1. The van der Waals surface area contributed by atoms with Crippen molar-refractivity contribution in [1.82, 2.24) is 10.3 Å². The topological polar surface area (TPSA) is 110 Å². The minimum Gasteiger partial charge on any atom is -0.360 e. The summed E-state index contributed by atoms with van der Waals surface area (Å²) in [5.74, 6) is -0.213. The van der Waals surface area contributed by atoms with Gasteiger partial charge in [-0.3, -0.25) is 9.59 Å². The molecular formula is C23H22FN5O2. The van der Waals surface area contributed by atoms with Crippen molar-refractivity contribution in [2.75, 3.05) is 18.4 Å². The molecule has 1 fully saturated rings. The van der Waals surface area contributed by atoms with Crippen LogP contribution in [0.1, 0.15) is 28.8 Å². The van der Waals surface area contributed by atoms with E-state index in [2.05, 4.69) is 20.7 Å². The highest BCUT2D eigenvalue weighted by atomic mass is 19.1. The molecule has 0 unspecified atom stereocenters. The molecule has 0 spiro atoms. The first-order valence-corrected chi connectivity index (χ1v) is 10.1. The molecule has 1 aliphatic heterocycles. The number of nitrogens with one attached hydrogen (secondary N) is 4. The van der Waals surface area contributed by atoms with Gasteiger partial charge in [0, 0.05) is 34.3 Å². The standard InChI is InChI=1S/C23H22FN5O2/c24-17-3-6-20-16(11-17)12-19(23(31)28-20)21(29-25)13-27-18-4-1-14(2-5-18)22(30)15-7-9-26-10-8-15/h1-6,11-13,15,25-27H,7-10H2,(H,28,31)/b21-13-,29-25?. The lowest BCUT2D eigenvalue weighted by molar-refractivity contribution is 0.0895. The van der Waals surface area contributed by atoms with Gasteiger partial charge in [-0.05, 0) is 74.5 Å². The molecule has 0 bridgehead atoms. The molecular weight excluding hydrogens is 397 g/mol. The first kappa shape index (κ1) is 20.6. The molecule has 158 valence electrons. The maximum Gasteiger partial charge on any atom is 0.258 e. The highest BCUT2D eigenvalue weighted by Crippen LogP contribution is 2.21. The van der Waals surface area contributed by atoms with E-state index in [-0.39, 0.29) is 23.0 Å². The van der Waals surface area contributed by atoms with Crippen molar-refractivity contribution >= 4 is 28.1 Å². The van der Waals surface area contributed by atoms with E-state index in [0.717, 1.165) is 25.9 Å². The number of benzene rings is 2. The highest BCUT2D eigenvalue weighted by Gasteiger charge is 2.21. The highest BCUT2D eigenvalue weighted by molar-refractivity contribution is 5.98. The number of aromatic amines is 1. The van der Waals surface area contributed by atoms with Crippen molar-refractivity contribution in [3.05, 3.63) is 82.0 Å². The van der Waals surface area contributed by atoms with Gasteiger partial charge in [0.1, 0.15) is 11.5 Å². The van der Waals surface area contributed by atoms with Gasteiger partial charge in [0.05, 0.1) is 5.56 Å². The maximum atomic E-state index is 13.5. The minimum absolute atomic E-state index is 0.0538. The number of piperidine rings is 1. The molecule has 7 nitrogen and oxygen atoms in total. The van der Waals surface area contributed by atoms with Crippen LogP contribution in [-0.2, 0) is 0 Å². The molecule has 31 heavy (non-hydrogen) atoms. The normalized spacial score (nSPS) is 15.1. The zero-order valence-corrected chi connectivity index (χ0v) is 16.7. The number of hydrogen-bond acceptors (Lipinski definition) is 6. The second-order valence-electron chi connectivity index (χ2n) is 7.50. The van der Waals surface area contributed by atoms with Crippen LogP contribution in [0.5, 0.6) is 0 Å². The van der Waals surface area contributed by atoms with Gasteiger partial charge in [-0.1, -0.05) is 0 Å². The van der Waals surface area contributed by atoms with Crippen molar-refractivity contribution in [2.24, 2.45) is 11.0 Å². The number of nitrogens with zero attached hydrogens (tertiary/aromatic N) is 1. The third kappa shape index (κ3) is 4.59. The number of halogens is 1. The summed E-state index contributed by atoms with van der Waals surface area (Å²) >= 11 is 0. The Hall–Kier alpha value is -3.65. The smallest absolute Gasteiger partial charge is 0.258 e. The van der Waals surface area contributed by atoms with Crippen molar-refractivity contribution in [3.8, 4) is 0 Å². The molecule has 0 radical (unpaired) electrons. The molecule has 4 rings (SSSR count). The Balaban J connectivity index is 1.53. The Kier molecular flexibility index (Phi) is 5.99. The average Bonchev–Trinajstić information content (AvgIpc) is 2.80. The molecule has 1 aromatic heterocycles. The van der Waals surface area contributed by atoms with E-state index in [1.54, 1.807) is 24.3 Å². The number of anilines is 1. The Bertz CT molecular complexity index is 1210. The number of fused-ring (bicyclic) bond motifs is 1. The van der Waals surface area contributed by atoms with Gasteiger partial charge in [0.2, 0.25) is 0 Å². The number of H-pyrrole nitrogens is 1. The van der Waals surface area contributed by atoms with E-state index < -0.39 is 11.4 Å².